The molecule has 0 spiro atoms. The van der Waals surface area contributed by atoms with Crippen molar-refractivity contribution >= 4 is 40.7 Å². The van der Waals surface area contributed by atoms with Gasteiger partial charge < -0.3 is 25.2 Å². The van der Waals surface area contributed by atoms with E-state index in [1.165, 1.54) is 36.4 Å². The SMILES string of the molecule is CC1OC(c2cccc(O)c2O)=N[C@@H]1C(=O)N(C(=S)NC(=O)c1cccc(O)c1O)c1ccccc1. The van der Waals surface area contributed by atoms with E-state index in [1.54, 1.807) is 37.3 Å². The van der Waals surface area contributed by atoms with E-state index in [1.807, 2.05) is 0 Å². The Balaban J connectivity index is 1.66. The number of aromatic hydroxyl groups is 4. The number of ether oxygens (including phenoxy) is 1. The Kier molecular flexibility index (Phi) is 6.75. The number of rotatable bonds is 4. The molecule has 0 bridgehead atoms. The number of nitrogens with one attached hydrogen (secondary N) is 1. The molecule has 0 aliphatic carbocycles. The molecule has 3 aromatic carbocycles. The quantitative estimate of drug-likeness (QED) is 0.267. The van der Waals surface area contributed by atoms with Crippen molar-refractivity contribution in [2.45, 2.75) is 19.1 Å². The minimum Gasteiger partial charge on any atom is -0.504 e. The lowest BCUT2D eigenvalue weighted by Gasteiger charge is -2.26. The molecule has 0 aromatic heterocycles. The highest BCUT2D eigenvalue weighted by molar-refractivity contribution is 7.80. The molecule has 2 amide bonds. The van der Waals surface area contributed by atoms with Gasteiger partial charge in [0.1, 0.15) is 6.10 Å². The molecule has 11 heteroatoms. The van der Waals surface area contributed by atoms with E-state index in [4.69, 9.17) is 17.0 Å². The number of nitrogens with zero attached hydrogens (tertiary/aromatic N) is 2. The van der Waals surface area contributed by atoms with E-state index < -0.39 is 41.2 Å². The standard InChI is InChI=1S/C25H21N3O7S/c1-13-19(26-23(35-13)16-10-6-12-18(30)21(16)32)24(34)28(14-7-3-2-4-8-14)25(36)27-22(33)15-9-5-11-17(29)20(15)31/h2-13,19,29-32H,1H3,(H,27,33,36)/t13?,19-/m0/s1. The number of phenols is 4. The number of carbonyl (C=O) groups is 2. The summed E-state index contributed by atoms with van der Waals surface area (Å²) in [6.07, 6.45) is -0.769. The molecule has 36 heavy (non-hydrogen) atoms. The Morgan fingerprint density at radius 3 is 2.25 bits per heavy atom. The zero-order valence-electron chi connectivity index (χ0n) is 18.8. The van der Waals surface area contributed by atoms with E-state index in [2.05, 4.69) is 10.3 Å². The van der Waals surface area contributed by atoms with E-state index in [-0.39, 0.29) is 27.9 Å². The number of amides is 2. The molecule has 1 aliphatic heterocycles. The van der Waals surface area contributed by atoms with E-state index >= 15 is 0 Å². The minimum absolute atomic E-state index is 0.0399. The van der Waals surface area contributed by atoms with E-state index in [9.17, 15) is 30.0 Å². The molecule has 4 rings (SSSR count). The molecule has 1 heterocycles. The number of thiocarbonyl (C=S) groups is 1. The first-order valence-corrected chi connectivity index (χ1v) is 11.1. The zero-order chi connectivity index (χ0) is 26.0. The van der Waals surface area contributed by atoms with Crippen LogP contribution < -0.4 is 10.2 Å². The summed E-state index contributed by atoms with van der Waals surface area (Å²) in [5.41, 5.74) is 0.206. The maximum Gasteiger partial charge on any atom is 0.262 e. The monoisotopic (exact) mass is 507 g/mol. The van der Waals surface area contributed by atoms with Crippen molar-refractivity contribution < 1.29 is 34.8 Å². The van der Waals surface area contributed by atoms with Gasteiger partial charge in [0.2, 0.25) is 5.90 Å². The predicted molar refractivity (Wildman–Crippen MR) is 134 cm³/mol. The van der Waals surface area contributed by atoms with Crippen molar-refractivity contribution in [2.24, 2.45) is 4.99 Å². The van der Waals surface area contributed by atoms with Gasteiger partial charge in [-0.2, -0.15) is 0 Å². The molecule has 0 saturated heterocycles. The maximum atomic E-state index is 13.7. The third kappa shape index (κ3) is 4.64. The van der Waals surface area contributed by atoms with Crippen LogP contribution >= 0.6 is 12.2 Å². The number of phenolic OH excluding ortho intramolecular Hbond substituents is 4. The highest BCUT2D eigenvalue weighted by Gasteiger charge is 2.39. The third-order valence-corrected chi connectivity index (χ3v) is 5.70. The Morgan fingerprint density at radius 1 is 0.917 bits per heavy atom. The summed E-state index contributed by atoms with van der Waals surface area (Å²) in [6, 6.07) is 15.3. The molecule has 0 radical (unpaired) electrons. The van der Waals surface area contributed by atoms with Crippen molar-refractivity contribution in [2.75, 3.05) is 4.90 Å². The van der Waals surface area contributed by atoms with Crippen molar-refractivity contribution in [1.29, 1.82) is 0 Å². The fraction of sp³-hybridized carbons (Fsp3) is 0.120. The van der Waals surface area contributed by atoms with Crippen LogP contribution in [0.25, 0.3) is 0 Å². The highest BCUT2D eigenvalue weighted by atomic mass is 32.1. The van der Waals surface area contributed by atoms with Crippen LogP contribution in [-0.4, -0.2) is 55.4 Å². The number of anilines is 1. The molecule has 2 atom stereocenters. The lowest BCUT2D eigenvalue weighted by molar-refractivity contribution is -0.120. The fourth-order valence-corrected chi connectivity index (χ4v) is 3.87. The molecular weight excluding hydrogens is 486 g/mol. The van der Waals surface area contributed by atoms with Crippen LogP contribution in [0.1, 0.15) is 22.8 Å². The first-order chi connectivity index (χ1) is 17.2. The Bertz CT molecular complexity index is 1380. The summed E-state index contributed by atoms with van der Waals surface area (Å²) < 4.78 is 5.70. The molecule has 5 N–H and O–H groups in total. The first kappa shape index (κ1) is 24.5. The Labute approximate surface area is 210 Å². The van der Waals surface area contributed by atoms with Crippen LogP contribution in [-0.2, 0) is 9.53 Å². The van der Waals surface area contributed by atoms with Crippen LogP contribution in [0.2, 0.25) is 0 Å². The highest BCUT2D eigenvalue weighted by Crippen LogP contribution is 2.32. The Hall–Kier alpha value is -4.64. The maximum absolute atomic E-state index is 13.7. The average Bonchev–Trinajstić information content (AvgIpc) is 3.24. The second kappa shape index (κ2) is 9.92. The normalized spacial score (nSPS) is 16.5. The van der Waals surface area contributed by atoms with Gasteiger partial charge >= 0.3 is 0 Å². The van der Waals surface area contributed by atoms with Gasteiger partial charge in [-0.05, 0) is 55.5 Å². The van der Waals surface area contributed by atoms with Crippen molar-refractivity contribution in [3.8, 4) is 23.0 Å². The van der Waals surface area contributed by atoms with Crippen LogP contribution in [0.5, 0.6) is 23.0 Å². The minimum atomic E-state index is -1.11. The first-order valence-electron chi connectivity index (χ1n) is 10.7. The molecule has 1 aliphatic rings. The Morgan fingerprint density at radius 2 is 1.56 bits per heavy atom. The third-order valence-electron chi connectivity index (χ3n) is 5.41. The number of carbonyl (C=O) groups excluding carboxylic acids is 2. The summed E-state index contributed by atoms with van der Waals surface area (Å²) in [4.78, 5) is 31.8. The summed E-state index contributed by atoms with van der Waals surface area (Å²) >= 11 is 5.39. The molecule has 1 unspecified atom stereocenters. The molecule has 0 fully saturated rings. The number of hydrogen-bond acceptors (Lipinski definition) is 9. The van der Waals surface area contributed by atoms with Gasteiger partial charge in [0.25, 0.3) is 11.8 Å². The zero-order valence-corrected chi connectivity index (χ0v) is 19.6. The van der Waals surface area contributed by atoms with Crippen LogP contribution in [0.4, 0.5) is 5.69 Å². The van der Waals surface area contributed by atoms with Gasteiger partial charge in [0.15, 0.2) is 34.2 Å². The summed E-state index contributed by atoms with van der Waals surface area (Å²) in [7, 11) is 0. The number of para-hydroxylation sites is 3. The summed E-state index contributed by atoms with van der Waals surface area (Å²) in [5.74, 6) is -3.44. The van der Waals surface area contributed by atoms with Crippen LogP contribution in [0, 0.1) is 0 Å². The molecule has 3 aromatic rings. The smallest absolute Gasteiger partial charge is 0.262 e. The lowest BCUT2D eigenvalue weighted by Crippen LogP contribution is -2.51. The molecule has 184 valence electrons. The van der Waals surface area contributed by atoms with Crippen LogP contribution in [0.15, 0.2) is 71.7 Å². The van der Waals surface area contributed by atoms with Crippen LogP contribution in [0.3, 0.4) is 0 Å². The largest absolute Gasteiger partial charge is 0.504 e. The predicted octanol–water partition coefficient (Wildman–Crippen LogP) is 2.79. The molecule has 0 saturated carbocycles. The van der Waals surface area contributed by atoms with Crippen molar-refractivity contribution in [1.82, 2.24) is 5.32 Å². The van der Waals surface area contributed by atoms with Gasteiger partial charge in [0, 0.05) is 0 Å². The second-order valence-electron chi connectivity index (χ2n) is 7.82. The molecule has 10 nitrogen and oxygen atoms in total. The van der Waals surface area contributed by atoms with E-state index in [0.717, 1.165) is 4.90 Å². The number of aliphatic imine (C=N–C) groups is 1. The summed E-state index contributed by atoms with van der Waals surface area (Å²) in [6.45, 7) is 1.61. The topological polar surface area (TPSA) is 152 Å². The number of benzene rings is 3. The molecular formula is C25H21N3O7S. The average molecular weight is 508 g/mol. The lowest BCUT2D eigenvalue weighted by atomic mass is 10.1. The van der Waals surface area contributed by atoms with Gasteiger partial charge in [-0.1, -0.05) is 30.3 Å². The van der Waals surface area contributed by atoms with Gasteiger partial charge in [-0.3, -0.25) is 19.8 Å². The van der Waals surface area contributed by atoms with Gasteiger partial charge in [0.05, 0.1) is 16.8 Å². The van der Waals surface area contributed by atoms with Gasteiger partial charge in [-0.25, -0.2) is 4.99 Å². The van der Waals surface area contributed by atoms with E-state index in [0.29, 0.717) is 5.69 Å². The van der Waals surface area contributed by atoms with Gasteiger partial charge in [-0.15, -0.1) is 0 Å². The fourth-order valence-electron chi connectivity index (χ4n) is 3.58. The van der Waals surface area contributed by atoms with Crippen molar-refractivity contribution in [3.05, 3.63) is 77.9 Å². The van der Waals surface area contributed by atoms with Crippen molar-refractivity contribution in [3.63, 3.8) is 0 Å². The second-order valence-corrected chi connectivity index (χ2v) is 8.20. The summed E-state index contributed by atoms with van der Waals surface area (Å²) in [5, 5.41) is 41.8. The number of hydrogen-bond donors (Lipinski definition) is 5.